The molecule has 3 aromatic carbocycles. The van der Waals surface area contributed by atoms with Gasteiger partial charge in [-0.25, -0.2) is 9.97 Å². The fourth-order valence-electron chi connectivity index (χ4n) is 16.0. The van der Waals surface area contributed by atoms with Gasteiger partial charge in [-0.15, -0.1) is 34.0 Å². The summed E-state index contributed by atoms with van der Waals surface area (Å²) in [6.07, 6.45) is 13.0. The van der Waals surface area contributed by atoms with E-state index in [9.17, 15) is 62.3 Å². The fraction of sp³-hybridized carbons (Fsp3) is 0.571. The van der Waals surface area contributed by atoms with Crippen LogP contribution in [0.2, 0.25) is 0 Å². The van der Waals surface area contributed by atoms with E-state index in [-0.39, 0.29) is 42.2 Å². The minimum Gasteiger partial charge on any atom is -0.481 e. The summed E-state index contributed by atoms with van der Waals surface area (Å²) in [7, 11) is -2.07. The van der Waals surface area contributed by atoms with E-state index in [0.717, 1.165) is 193 Å². The van der Waals surface area contributed by atoms with E-state index in [1.54, 1.807) is 24.4 Å². The minimum absolute atomic E-state index is 0.00201. The quantitative estimate of drug-likeness (QED) is 0.0443. The first-order chi connectivity index (χ1) is 51.1. The third-order valence-corrected chi connectivity index (χ3v) is 25.8. The summed E-state index contributed by atoms with van der Waals surface area (Å²) in [5.41, 5.74) is 1.85. The number of carboxylic acid groups (broad SMARTS) is 1. The van der Waals surface area contributed by atoms with Gasteiger partial charge in [0.25, 0.3) is 10.1 Å². The van der Waals surface area contributed by atoms with E-state index in [4.69, 9.17) is 5.11 Å². The smallest absolute Gasteiger partial charge is 0.416 e. The maximum atomic E-state index is 13.2. The highest BCUT2D eigenvalue weighted by Crippen LogP contribution is 2.47. The predicted molar refractivity (Wildman–Crippen MR) is 397 cm³/mol. The number of aromatic nitrogens is 4. The number of likely N-dealkylation sites (tertiary alicyclic amines) is 3. The van der Waals surface area contributed by atoms with E-state index in [0.29, 0.717) is 46.6 Å². The number of hydrogen-bond acceptors (Lipinski definition) is 16. The van der Waals surface area contributed by atoms with Crippen molar-refractivity contribution in [1.82, 2.24) is 44.4 Å². The van der Waals surface area contributed by atoms with Gasteiger partial charge in [-0.2, -0.15) is 47.9 Å². The molecule has 17 nitrogen and oxygen atoms in total. The first-order valence-corrected chi connectivity index (χ1v) is 41.5. The molecule has 0 bridgehead atoms. The number of nitrogens with one attached hydrogen (secondary N) is 2. The summed E-state index contributed by atoms with van der Waals surface area (Å²) in [5.74, 6) is 2.47. The first kappa shape index (κ1) is 80.0. The number of rotatable bonds is 17. The molecule has 582 valence electrons. The zero-order valence-electron chi connectivity index (χ0n) is 60.0. The van der Waals surface area contributed by atoms with Crippen molar-refractivity contribution in [2.24, 2.45) is 47.3 Å². The predicted octanol–water partition coefficient (Wildman–Crippen LogP) is 15.7. The number of esters is 1. The number of carbonyl (C=O) groups is 3. The molecule has 3 N–H and O–H groups in total. The Morgan fingerprint density at radius 1 is 0.551 bits per heavy atom. The fourth-order valence-corrected chi connectivity index (χ4v) is 19.6. The highest BCUT2D eigenvalue weighted by Gasteiger charge is 2.48. The number of fused-ring (bicyclic) bond motifs is 3. The molecule has 8 aromatic rings. The van der Waals surface area contributed by atoms with Gasteiger partial charge in [-0.3, -0.25) is 18.6 Å². The van der Waals surface area contributed by atoms with Crippen molar-refractivity contribution in [3.05, 3.63) is 142 Å². The third-order valence-electron chi connectivity index (χ3n) is 22.3. The van der Waals surface area contributed by atoms with Gasteiger partial charge in [0.15, 0.2) is 0 Å². The summed E-state index contributed by atoms with van der Waals surface area (Å²) in [6.45, 7) is 13.8. The lowest BCUT2D eigenvalue weighted by atomic mass is 9.89. The first-order valence-electron chi connectivity index (χ1n) is 37.1. The number of nitrogens with zero attached hydrogens (tertiary/aromatic N) is 7. The van der Waals surface area contributed by atoms with Crippen LogP contribution in [0.1, 0.15) is 135 Å². The number of piperidine rings is 5. The molecule has 30 heteroatoms. The summed E-state index contributed by atoms with van der Waals surface area (Å²) in [5, 5.41) is 24.7. The van der Waals surface area contributed by atoms with Crippen molar-refractivity contribution in [3.8, 4) is 0 Å². The van der Waals surface area contributed by atoms with Gasteiger partial charge in [0.2, 0.25) is 5.91 Å². The Morgan fingerprint density at radius 3 is 1.42 bits per heavy atom. The molecular weight excluding hydrogens is 1480 g/mol. The second-order valence-corrected chi connectivity index (χ2v) is 34.4. The number of hydrogen-bond donors (Lipinski definition) is 3. The number of methoxy groups -OCH3 is 1. The van der Waals surface area contributed by atoms with Gasteiger partial charge in [0, 0.05) is 84.1 Å². The molecule has 8 fully saturated rings. The van der Waals surface area contributed by atoms with Crippen LogP contribution in [-0.2, 0) is 65.0 Å². The Kier molecular flexibility index (Phi) is 26.4. The van der Waals surface area contributed by atoms with Gasteiger partial charge in [-0.05, 0) is 269 Å². The van der Waals surface area contributed by atoms with Crippen LogP contribution >= 0.6 is 34.0 Å². The van der Waals surface area contributed by atoms with E-state index < -0.39 is 51.3 Å². The average molecular weight is 1570 g/mol. The number of ether oxygens (including phenoxy) is 1. The minimum atomic E-state index is -4.31. The topological polar surface area (TPSA) is 193 Å². The van der Waals surface area contributed by atoms with E-state index in [1.807, 2.05) is 42.0 Å². The van der Waals surface area contributed by atoms with Crippen molar-refractivity contribution in [2.45, 2.75) is 133 Å². The Balaban J connectivity index is 0.000000134. The van der Waals surface area contributed by atoms with Gasteiger partial charge in [-0.1, -0.05) is 18.2 Å². The van der Waals surface area contributed by atoms with Gasteiger partial charge in [0.1, 0.15) is 0 Å². The lowest BCUT2D eigenvalue weighted by Gasteiger charge is -2.34. The summed E-state index contributed by atoms with van der Waals surface area (Å²) in [4.78, 5) is 50.1. The van der Waals surface area contributed by atoms with Crippen molar-refractivity contribution >= 4 is 92.2 Å². The number of alkyl halides is 9. The number of aliphatic carboxylic acids is 1. The molecule has 8 atom stereocenters. The summed E-state index contributed by atoms with van der Waals surface area (Å²) >= 11 is 4.22. The SMILES string of the molecule is COC(=O)C1C[C@H]1COS(C)(=O)=O.FC(F)(F)c1ccc2c(C3CCNCC3)csc2c1.O=C(O)[C@@H]1C[C@H]1CN1CCC(c2csc3cc(C(F)(F)F)ccc23)CC1.O=C([C@@H]1C[C@H]1CN1CCC(c2csc3cc(C(F)(F)F)ccc23)CC1)N1CCC[C@@H](Cn2ccnc2)C1.c1cn(C[C@@H]2CCCNC2)cn1. The number of benzene rings is 3. The van der Waals surface area contributed by atoms with Crippen molar-refractivity contribution in [1.29, 1.82) is 0 Å². The molecule has 1 amide bonds. The zero-order valence-corrected chi connectivity index (χ0v) is 63.3. The van der Waals surface area contributed by atoms with Crippen LogP contribution in [0.15, 0.2) is 108 Å². The lowest BCUT2D eigenvalue weighted by Crippen LogP contribution is -2.42. The molecule has 3 aliphatic carbocycles. The number of halogens is 9. The van der Waals surface area contributed by atoms with Gasteiger partial charge >= 0.3 is 30.5 Å². The van der Waals surface area contributed by atoms with Gasteiger partial charge < -0.3 is 44.3 Å². The normalized spacial score (nSPS) is 24.1. The number of carbonyl (C=O) groups excluding carboxylic acids is 2. The molecule has 10 heterocycles. The van der Waals surface area contributed by atoms with Crippen LogP contribution in [0.3, 0.4) is 0 Å². The molecule has 3 saturated carbocycles. The molecule has 16 rings (SSSR count). The Bertz CT molecular complexity index is 4350. The Morgan fingerprint density at radius 2 is 1.00 bits per heavy atom. The third kappa shape index (κ3) is 22.0. The van der Waals surface area contributed by atoms with Gasteiger partial charge in [0.05, 0.1) is 61.2 Å². The van der Waals surface area contributed by atoms with Crippen molar-refractivity contribution in [2.75, 3.05) is 98.5 Å². The number of carboxylic acids is 1. The second-order valence-electron chi connectivity index (χ2n) is 30.1. The number of imidazole rings is 2. The largest absolute Gasteiger partial charge is 0.481 e. The van der Waals surface area contributed by atoms with Crippen molar-refractivity contribution in [3.63, 3.8) is 0 Å². The molecular formula is C77H94F9N9O8S4. The van der Waals surface area contributed by atoms with E-state index >= 15 is 0 Å². The van der Waals surface area contributed by atoms with Crippen LogP contribution in [0.5, 0.6) is 0 Å². The highest BCUT2D eigenvalue weighted by molar-refractivity contribution is 7.86. The monoisotopic (exact) mass is 1570 g/mol. The van der Waals surface area contributed by atoms with Crippen LogP contribution < -0.4 is 10.6 Å². The maximum Gasteiger partial charge on any atom is 0.416 e. The van der Waals surface area contributed by atoms with Crippen LogP contribution in [0.4, 0.5) is 39.5 Å². The molecule has 0 radical (unpaired) electrons. The molecule has 0 spiro atoms. The molecule has 107 heavy (non-hydrogen) atoms. The van der Waals surface area contributed by atoms with Crippen LogP contribution in [-0.4, -0.2) is 164 Å². The molecule has 8 aliphatic rings. The van der Waals surface area contributed by atoms with Crippen molar-refractivity contribution < 1.29 is 76.3 Å². The Hall–Kier alpha value is -6.51. The van der Waals surface area contributed by atoms with Crippen LogP contribution in [0.25, 0.3) is 30.3 Å². The Labute approximate surface area is 629 Å². The number of amides is 1. The molecule has 1 unspecified atom stereocenters. The highest BCUT2D eigenvalue weighted by atomic mass is 32.2. The lowest BCUT2D eigenvalue weighted by molar-refractivity contribution is -0.143. The molecule has 5 saturated heterocycles. The summed E-state index contributed by atoms with van der Waals surface area (Å²) < 4.78 is 152. The summed E-state index contributed by atoms with van der Waals surface area (Å²) in [6, 6.07) is 12.3. The second kappa shape index (κ2) is 35.2. The maximum absolute atomic E-state index is 13.2. The van der Waals surface area contributed by atoms with E-state index in [2.05, 4.69) is 58.7 Å². The van der Waals surface area contributed by atoms with Crippen LogP contribution in [0, 0.1) is 47.3 Å². The standard InChI is InChI=1S/C28H33F3N4OS.C19H20F3NO2S.C14H14F3NS.C9H15N3.C7H12O5S/c29-28(30,31)22-3-4-23-25(17-37-26(23)13-22)20-5-9-33(10-6-20)16-21-12-24(21)27(36)35-8-1-2-19(15-35)14-34-11-7-32-18-34;20-19(21,22)13-1-2-14-16(10-26-17(14)8-13)11-3-5-23(6-4-11)9-12-7-15(12)18(24)25;15-14(16,17)10-1-2-11-12(8-19-13(11)7-10)9-3-5-18-6-4-9;1-2-9(6-10-3-1)7-12-5-4-11-8-12;1-11-7(8)6-3-5(6)4-12-13(2,9)10/h3-4,7,11,13,17-21,24H,1-2,5-6,8-10,12,14-16H2;1-2,8,10-12,15H,3-7,9H2,(H,24,25);1-2,7-9,18H,3-6H2;4-5,8-10H,1-3,6-7H2;5-6H,3-4H2,1-2H3/t19-,21-,24+;12-,15+;;9-;5-,6?/m00.10/s1. The molecule has 5 aromatic heterocycles. The average Bonchev–Trinajstić information content (AvgIpc) is 1.70. The molecule has 5 aliphatic heterocycles. The van der Waals surface area contributed by atoms with E-state index in [1.165, 1.54) is 108 Å². The number of thiophene rings is 3. The zero-order chi connectivity index (χ0) is 75.8.